The van der Waals surface area contributed by atoms with Gasteiger partial charge in [0, 0.05) is 25.2 Å². The van der Waals surface area contributed by atoms with Crippen molar-refractivity contribution in [3.63, 3.8) is 0 Å². The third-order valence-electron chi connectivity index (χ3n) is 5.69. The molecule has 0 aromatic rings. The zero-order valence-electron chi connectivity index (χ0n) is 14.8. The number of likely N-dealkylation sites (tertiary alicyclic amines) is 1. The minimum atomic E-state index is 0.437. The molecule has 1 saturated carbocycles. The van der Waals surface area contributed by atoms with Crippen LogP contribution in [0.25, 0.3) is 0 Å². The standard InChI is InChI=1S/C18H36N2O/c1-6-21-15-8-7-11-20(13-15)17-12-14(18(2,3)4)9-10-16(17)19-5/h14-17,19H,6-13H2,1-5H3. The molecule has 1 N–H and O–H groups in total. The monoisotopic (exact) mass is 296 g/mol. The third kappa shape index (κ3) is 4.43. The van der Waals surface area contributed by atoms with E-state index in [1.54, 1.807) is 0 Å². The Morgan fingerprint density at radius 2 is 1.95 bits per heavy atom. The van der Waals surface area contributed by atoms with Crippen LogP contribution in [0.1, 0.15) is 59.8 Å². The summed E-state index contributed by atoms with van der Waals surface area (Å²) in [5, 5.41) is 3.59. The van der Waals surface area contributed by atoms with Gasteiger partial charge in [0.25, 0.3) is 0 Å². The van der Waals surface area contributed by atoms with E-state index < -0.39 is 0 Å². The molecule has 0 bridgehead atoms. The Labute approximate surface area is 131 Å². The fourth-order valence-corrected chi connectivity index (χ4v) is 4.31. The number of rotatable bonds is 4. The molecule has 1 aliphatic heterocycles. The number of piperidine rings is 1. The summed E-state index contributed by atoms with van der Waals surface area (Å²) in [5.74, 6) is 0.847. The minimum absolute atomic E-state index is 0.437. The van der Waals surface area contributed by atoms with E-state index in [-0.39, 0.29) is 0 Å². The zero-order valence-corrected chi connectivity index (χ0v) is 14.8. The molecule has 0 amide bonds. The highest BCUT2D eigenvalue weighted by molar-refractivity contribution is 4.95. The average Bonchev–Trinajstić information content (AvgIpc) is 2.46. The molecule has 1 aliphatic carbocycles. The lowest BCUT2D eigenvalue weighted by Gasteiger charge is -2.48. The number of hydrogen-bond donors (Lipinski definition) is 1. The third-order valence-corrected chi connectivity index (χ3v) is 5.69. The maximum Gasteiger partial charge on any atom is 0.0702 e. The summed E-state index contributed by atoms with van der Waals surface area (Å²) < 4.78 is 5.90. The van der Waals surface area contributed by atoms with Gasteiger partial charge in [-0.2, -0.15) is 0 Å². The predicted molar refractivity (Wildman–Crippen MR) is 89.7 cm³/mol. The van der Waals surface area contributed by atoms with Crippen molar-refractivity contribution in [1.29, 1.82) is 0 Å². The molecule has 3 heteroatoms. The van der Waals surface area contributed by atoms with Crippen LogP contribution in [0, 0.1) is 11.3 Å². The summed E-state index contributed by atoms with van der Waals surface area (Å²) in [6.07, 6.45) is 7.01. The largest absolute Gasteiger partial charge is 0.377 e. The van der Waals surface area contributed by atoms with E-state index in [9.17, 15) is 0 Å². The Morgan fingerprint density at radius 3 is 2.57 bits per heavy atom. The van der Waals surface area contributed by atoms with Gasteiger partial charge < -0.3 is 10.1 Å². The molecule has 124 valence electrons. The molecule has 2 fully saturated rings. The van der Waals surface area contributed by atoms with Crippen LogP contribution in [0.15, 0.2) is 0 Å². The molecule has 0 aromatic carbocycles. The zero-order chi connectivity index (χ0) is 15.5. The normalized spacial score (nSPS) is 35.9. The molecular weight excluding hydrogens is 260 g/mol. The molecule has 4 atom stereocenters. The van der Waals surface area contributed by atoms with Crippen LogP contribution in [0.2, 0.25) is 0 Å². The molecule has 1 heterocycles. The first-order chi connectivity index (χ1) is 9.95. The average molecular weight is 296 g/mol. The Kier molecular flexibility index (Phi) is 6.10. The van der Waals surface area contributed by atoms with Crippen LogP contribution >= 0.6 is 0 Å². The lowest BCUT2D eigenvalue weighted by Crippen LogP contribution is -2.56. The van der Waals surface area contributed by atoms with Gasteiger partial charge in [-0.1, -0.05) is 20.8 Å². The van der Waals surface area contributed by atoms with Crippen LogP contribution in [0.3, 0.4) is 0 Å². The molecule has 1 saturated heterocycles. The van der Waals surface area contributed by atoms with Crippen LogP contribution in [0.4, 0.5) is 0 Å². The maximum atomic E-state index is 5.90. The van der Waals surface area contributed by atoms with E-state index in [1.165, 1.54) is 38.6 Å². The summed E-state index contributed by atoms with van der Waals surface area (Å²) in [5.41, 5.74) is 0.437. The minimum Gasteiger partial charge on any atom is -0.377 e. The highest BCUT2D eigenvalue weighted by atomic mass is 16.5. The Balaban J connectivity index is 2.02. The number of nitrogens with one attached hydrogen (secondary N) is 1. The lowest BCUT2D eigenvalue weighted by molar-refractivity contribution is -0.0282. The van der Waals surface area contributed by atoms with Crippen molar-refractivity contribution in [3.05, 3.63) is 0 Å². The number of ether oxygens (including phenoxy) is 1. The van der Waals surface area contributed by atoms with Gasteiger partial charge in [-0.3, -0.25) is 4.90 Å². The predicted octanol–water partition coefficient (Wildman–Crippen LogP) is 3.29. The van der Waals surface area contributed by atoms with Crippen molar-refractivity contribution in [1.82, 2.24) is 10.2 Å². The number of hydrogen-bond acceptors (Lipinski definition) is 3. The summed E-state index contributed by atoms with van der Waals surface area (Å²) in [4.78, 5) is 2.73. The Morgan fingerprint density at radius 1 is 1.19 bits per heavy atom. The van der Waals surface area contributed by atoms with Crippen molar-refractivity contribution in [2.75, 3.05) is 26.7 Å². The van der Waals surface area contributed by atoms with Crippen molar-refractivity contribution in [2.24, 2.45) is 11.3 Å². The van der Waals surface area contributed by atoms with Crippen LogP contribution < -0.4 is 5.32 Å². The molecule has 3 nitrogen and oxygen atoms in total. The Bertz CT molecular complexity index is 311. The van der Waals surface area contributed by atoms with Gasteiger partial charge in [-0.15, -0.1) is 0 Å². The summed E-state index contributed by atoms with van der Waals surface area (Å²) in [6, 6.07) is 1.35. The maximum absolute atomic E-state index is 5.90. The van der Waals surface area contributed by atoms with Crippen molar-refractivity contribution >= 4 is 0 Å². The first-order valence-corrected chi connectivity index (χ1v) is 8.98. The molecule has 21 heavy (non-hydrogen) atoms. The lowest BCUT2D eigenvalue weighted by atomic mass is 9.69. The smallest absolute Gasteiger partial charge is 0.0702 e. The van der Waals surface area contributed by atoms with E-state index in [1.807, 2.05) is 0 Å². The van der Waals surface area contributed by atoms with E-state index in [0.29, 0.717) is 23.6 Å². The van der Waals surface area contributed by atoms with E-state index >= 15 is 0 Å². The van der Waals surface area contributed by atoms with Gasteiger partial charge in [-0.05, 0) is 64.0 Å². The van der Waals surface area contributed by atoms with Gasteiger partial charge in [0.05, 0.1) is 6.10 Å². The number of likely N-dealkylation sites (N-methyl/N-ethyl adjacent to an activating group) is 1. The van der Waals surface area contributed by atoms with Gasteiger partial charge >= 0.3 is 0 Å². The van der Waals surface area contributed by atoms with Crippen LogP contribution in [-0.4, -0.2) is 49.8 Å². The van der Waals surface area contributed by atoms with Gasteiger partial charge in [-0.25, -0.2) is 0 Å². The van der Waals surface area contributed by atoms with Gasteiger partial charge in [0.2, 0.25) is 0 Å². The number of nitrogens with zero attached hydrogens (tertiary/aromatic N) is 1. The molecule has 0 aromatic heterocycles. The summed E-state index contributed by atoms with van der Waals surface area (Å²) in [6.45, 7) is 12.6. The van der Waals surface area contributed by atoms with E-state index in [2.05, 4.69) is 45.0 Å². The molecule has 2 rings (SSSR count). The van der Waals surface area contributed by atoms with Crippen molar-refractivity contribution < 1.29 is 4.74 Å². The molecule has 4 unspecified atom stereocenters. The van der Waals surface area contributed by atoms with E-state index in [4.69, 9.17) is 4.74 Å². The van der Waals surface area contributed by atoms with Crippen molar-refractivity contribution in [3.8, 4) is 0 Å². The topological polar surface area (TPSA) is 24.5 Å². The molecule has 0 radical (unpaired) electrons. The van der Waals surface area contributed by atoms with Gasteiger partial charge in [0.1, 0.15) is 0 Å². The SMILES string of the molecule is CCOC1CCCN(C2CC(C(C)(C)C)CCC2NC)C1. The first-order valence-electron chi connectivity index (χ1n) is 8.98. The van der Waals surface area contributed by atoms with Crippen LogP contribution in [0.5, 0.6) is 0 Å². The second kappa shape index (κ2) is 7.43. The quantitative estimate of drug-likeness (QED) is 0.861. The molecule has 0 spiro atoms. The van der Waals surface area contributed by atoms with Gasteiger partial charge in [0.15, 0.2) is 0 Å². The van der Waals surface area contributed by atoms with E-state index in [0.717, 1.165) is 19.1 Å². The highest BCUT2D eigenvalue weighted by Gasteiger charge is 2.39. The fourth-order valence-electron chi connectivity index (χ4n) is 4.31. The summed E-state index contributed by atoms with van der Waals surface area (Å²) >= 11 is 0. The highest BCUT2D eigenvalue weighted by Crippen LogP contribution is 2.40. The van der Waals surface area contributed by atoms with Crippen molar-refractivity contribution in [2.45, 2.75) is 78.0 Å². The fraction of sp³-hybridized carbons (Fsp3) is 1.00. The molecular formula is C18H36N2O. The van der Waals surface area contributed by atoms with Crippen LogP contribution in [-0.2, 0) is 4.74 Å². The molecule has 2 aliphatic rings. The summed E-state index contributed by atoms with van der Waals surface area (Å²) in [7, 11) is 2.14. The Hall–Kier alpha value is -0.120. The first kappa shape index (κ1) is 17.2. The second-order valence-corrected chi connectivity index (χ2v) is 8.05. The second-order valence-electron chi connectivity index (χ2n) is 8.05.